The minimum atomic E-state index is -0.315. The van der Waals surface area contributed by atoms with Crippen molar-refractivity contribution in [2.24, 2.45) is 0 Å². The van der Waals surface area contributed by atoms with E-state index in [1.807, 2.05) is 30.3 Å². The zero-order chi connectivity index (χ0) is 14.2. The highest BCUT2D eigenvalue weighted by molar-refractivity contribution is 7.16. The number of aromatic nitrogens is 1. The first-order valence-corrected chi connectivity index (χ1v) is 6.74. The van der Waals surface area contributed by atoms with Gasteiger partial charge >= 0.3 is 6.03 Å². The molecule has 2 rings (SSSR count). The Hall–Kier alpha value is -2.36. The number of amides is 2. The van der Waals surface area contributed by atoms with Gasteiger partial charge in [-0.1, -0.05) is 53.5 Å². The number of rotatable bonds is 3. The van der Waals surface area contributed by atoms with Gasteiger partial charge in [0.1, 0.15) is 6.61 Å². The number of carbonyl (C=O) groups excluding carboxylic acids is 1. The third kappa shape index (κ3) is 4.39. The molecule has 0 bridgehead atoms. The third-order valence-corrected chi connectivity index (χ3v) is 3.14. The number of nitrogens with one attached hydrogen (secondary N) is 2. The van der Waals surface area contributed by atoms with Crippen molar-refractivity contribution >= 4 is 22.5 Å². The van der Waals surface area contributed by atoms with E-state index >= 15 is 0 Å². The first-order chi connectivity index (χ1) is 9.78. The van der Waals surface area contributed by atoms with Crippen LogP contribution < -0.4 is 10.6 Å². The van der Waals surface area contributed by atoms with E-state index in [1.165, 1.54) is 11.3 Å². The molecule has 0 saturated carbocycles. The number of urea groups is 1. The molecule has 6 heteroatoms. The largest absolute Gasteiger partial charge is 0.384 e. The molecule has 0 aliphatic heterocycles. The van der Waals surface area contributed by atoms with E-state index in [9.17, 15) is 4.79 Å². The van der Waals surface area contributed by atoms with Gasteiger partial charge in [-0.15, -0.1) is 0 Å². The van der Waals surface area contributed by atoms with E-state index < -0.39 is 0 Å². The minimum Gasteiger partial charge on any atom is -0.384 e. The molecule has 0 saturated heterocycles. The van der Waals surface area contributed by atoms with Gasteiger partial charge in [0.15, 0.2) is 5.13 Å². The van der Waals surface area contributed by atoms with Crippen LogP contribution in [0, 0.1) is 11.8 Å². The quantitative estimate of drug-likeness (QED) is 0.754. The fraction of sp³-hybridized carbons (Fsp3) is 0.143. The van der Waals surface area contributed by atoms with Crippen molar-refractivity contribution in [1.82, 2.24) is 10.3 Å². The van der Waals surface area contributed by atoms with Gasteiger partial charge < -0.3 is 10.4 Å². The molecule has 3 N–H and O–H groups in total. The van der Waals surface area contributed by atoms with Crippen LogP contribution in [0.3, 0.4) is 0 Å². The molecule has 2 aromatic rings. The van der Waals surface area contributed by atoms with Gasteiger partial charge in [0.25, 0.3) is 0 Å². The van der Waals surface area contributed by atoms with Crippen molar-refractivity contribution in [2.45, 2.75) is 6.54 Å². The Labute approximate surface area is 120 Å². The lowest BCUT2D eigenvalue weighted by molar-refractivity contribution is 0.251. The standard InChI is InChI=1S/C14H13N3O2S/c18-8-4-7-12-10-16-14(20-12)17-13(19)15-9-11-5-2-1-3-6-11/h1-3,5-6,10,18H,8-9H2,(H2,15,16,17,19). The van der Waals surface area contributed by atoms with Crippen LogP contribution in [0.5, 0.6) is 0 Å². The fourth-order valence-corrected chi connectivity index (χ4v) is 2.12. The average Bonchev–Trinajstić information content (AvgIpc) is 2.91. The van der Waals surface area contributed by atoms with Crippen molar-refractivity contribution in [3.8, 4) is 11.8 Å². The zero-order valence-electron chi connectivity index (χ0n) is 10.6. The maximum atomic E-state index is 11.7. The molecule has 5 nitrogen and oxygen atoms in total. The van der Waals surface area contributed by atoms with Gasteiger partial charge in [-0.2, -0.15) is 0 Å². The highest BCUT2D eigenvalue weighted by atomic mass is 32.1. The van der Waals surface area contributed by atoms with Crippen LogP contribution in [0.25, 0.3) is 0 Å². The molecule has 0 unspecified atom stereocenters. The summed E-state index contributed by atoms with van der Waals surface area (Å²) >= 11 is 1.26. The molecule has 0 radical (unpaired) electrons. The van der Waals surface area contributed by atoms with Crippen LogP contribution in [-0.2, 0) is 6.54 Å². The maximum absolute atomic E-state index is 11.7. The number of benzene rings is 1. The number of nitrogens with zero attached hydrogens (tertiary/aromatic N) is 1. The smallest absolute Gasteiger partial charge is 0.321 e. The molecule has 102 valence electrons. The first kappa shape index (κ1) is 14.1. The van der Waals surface area contributed by atoms with Gasteiger partial charge in [-0.05, 0) is 5.56 Å². The second-order valence-electron chi connectivity index (χ2n) is 3.78. The molecule has 20 heavy (non-hydrogen) atoms. The number of aliphatic hydroxyl groups excluding tert-OH is 1. The van der Waals surface area contributed by atoms with Crippen LogP contribution in [0.2, 0.25) is 0 Å². The Kier molecular flexibility index (Phi) is 5.12. The van der Waals surface area contributed by atoms with E-state index in [0.717, 1.165) is 5.56 Å². The monoisotopic (exact) mass is 287 g/mol. The highest BCUT2D eigenvalue weighted by Gasteiger charge is 2.05. The van der Waals surface area contributed by atoms with Crippen molar-refractivity contribution in [3.63, 3.8) is 0 Å². The zero-order valence-corrected chi connectivity index (χ0v) is 11.4. The summed E-state index contributed by atoms with van der Waals surface area (Å²) in [5.41, 5.74) is 1.02. The lowest BCUT2D eigenvalue weighted by Crippen LogP contribution is -2.28. The molecule has 0 atom stereocenters. The van der Waals surface area contributed by atoms with E-state index in [0.29, 0.717) is 16.6 Å². The summed E-state index contributed by atoms with van der Waals surface area (Å²) in [6.45, 7) is 0.257. The lowest BCUT2D eigenvalue weighted by atomic mass is 10.2. The van der Waals surface area contributed by atoms with E-state index in [4.69, 9.17) is 5.11 Å². The number of hydrogen-bond donors (Lipinski definition) is 3. The van der Waals surface area contributed by atoms with E-state index in [1.54, 1.807) is 6.20 Å². The fourth-order valence-electron chi connectivity index (χ4n) is 1.44. The summed E-state index contributed by atoms with van der Waals surface area (Å²) in [4.78, 5) is 16.4. The SMILES string of the molecule is O=C(NCc1ccccc1)Nc1ncc(C#CCO)s1. The number of thiazole rings is 1. The summed E-state index contributed by atoms with van der Waals surface area (Å²) in [5.74, 6) is 5.26. The van der Waals surface area contributed by atoms with Crippen molar-refractivity contribution in [3.05, 3.63) is 47.0 Å². The molecule has 0 aliphatic rings. The predicted octanol–water partition coefficient (Wildman–Crippen LogP) is 1.81. The Morgan fingerprint density at radius 3 is 2.90 bits per heavy atom. The molecule has 0 aliphatic carbocycles. The van der Waals surface area contributed by atoms with Gasteiger partial charge in [-0.25, -0.2) is 9.78 Å². The molecular weight excluding hydrogens is 274 g/mol. The predicted molar refractivity (Wildman–Crippen MR) is 78.4 cm³/mol. The maximum Gasteiger partial charge on any atom is 0.321 e. The molecule has 1 aromatic heterocycles. The van der Waals surface area contributed by atoms with Crippen LogP contribution in [0.15, 0.2) is 36.5 Å². The van der Waals surface area contributed by atoms with Gasteiger partial charge in [0, 0.05) is 6.54 Å². The average molecular weight is 287 g/mol. The molecule has 2 amide bonds. The Morgan fingerprint density at radius 2 is 2.15 bits per heavy atom. The summed E-state index contributed by atoms with van der Waals surface area (Å²) in [5, 5.41) is 14.4. The van der Waals surface area contributed by atoms with Gasteiger partial charge in [-0.3, -0.25) is 5.32 Å². The summed E-state index contributed by atoms with van der Waals surface area (Å²) in [6, 6.07) is 9.32. The van der Waals surface area contributed by atoms with Crippen LogP contribution in [0.1, 0.15) is 10.4 Å². The lowest BCUT2D eigenvalue weighted by Gasteiger charge is -2.04. The Morgan fingerprint density at radius 1 is 1.35 bits per heavy atom. The molecule has 1 aromatic carbocycles. The number of hydrogen-bond acceptors (Lipinski definition) is 4. The third-order valence-electron chi connectivity index (χ3n) is 2.31. The minimum absolute atomic E-state index is 0.196. The first-order valence-electron chi connectivity index (χ1n) is 5.92. The Bertz CT molecular complexity index is 629. The van der Waals surface area contributed by atoms with Crippen LogP contribution in [0.4, 0.5) is 9.93 Å². The number of carbonyl (C=O) groups is 1. The molecular formula is C14H13N3O2S. The highest BCUT2D eigenvalue weighted by Crippen LogP contribution is 2.16. The second kappa shape index (κ2) is 7.28. The van der Waals surface area contributed by atoms with Gasteiger partial charge in [0.2, 0.25) is 0 Å². The molecule has 0 fully saturated rings. The summed E-state index contributed by atoms with van der Waals surface area (Å²) < 4.78 is 0. The second-order valence-corrected chi connectivity index (χ2v) is 4.81. The Balaban J connectivity index is 1.84. The van der Waals surface area contributed by atoms with Gasteiger partial charge in [0.05, 0.1) is 11.1 Å². The van der Waals surface area contributed by atoms with Crippen molar-refractivity contribution < 1.29 is 9.90 Å². The summed E-state index contributed by atoms with van der Waals surface area (Å²) in [6.07, 6.45) is 1.56. The topological polar surface area (TPSA) is 74.2 Å². The van der Waals surface area contributed by atoms with E-state index in [2.05, 4.69) is 27.5 Å². The van der Waals surface area contributed by atoms with Crippen LogP contribution in [-0.4, -0.2) is 22.7 Å². The molecule has 1 heterocycles. The number of anilines is 1. The normalized spacial score (nSPS) is 9.45. The van der Waals surface area contributed by atoms with E-state index in [-0.39, 0.29) is 12.6 Å². The van der Waals surface area contributed by atoms with Crippen LogP contribution >= 0.6 is 11.3 Å². The number of aliphatic hydroxyl groups is 1. The summed E-state index contributed by atoms with van der Waals surface area (Å²) in [7, 11) is 0. The molecule has 0 spiro atoms. The van der Waals surface area contributed by atoms with Crippen molar-refractivity contribution in [1.29, 1.82) is 0 Å². The van der Waals surface area contributed by atoms with Crippen molar-refractivity contribution in [2.75, 3.05) is 11.9 Å².